The van der Waals surface area contributed by atoms with Crippen LogP contribution in [-0.4, -0.2) is 10.7 Å². The highest BCUT2D eigenvalue weighted by atomic mass is 32.1. The van der Waals surface area contributed by atoms with Gasteiger partial charge in [0.25, 0.3) is 5.69 Å². The lowest BCUT2D eigenvalue weighted by Crippen LogP contribution is -1.96. The maximum absolute atomic E-state index is 11.8. The van der Waals surface area contributed by atoms with Gasteiger partial charge in [0, 0.05) is 17.7 Å². The van der Waals surface area contributed by atoms with E-state index in [1.54, 1.807) is 23.5 Å². The molecule has 1 aromatic heterocycles. The predicted molar refractivity (Wildman–Crippen MR) is 70.8 cm³/mol. The summed E-state index contributed by atoms with van der Waals surface area (Å²) in [6.45, 7) is 0. The van der Waals surface area contributed by atoms with E-state index in [2.05, 4.69) is 0 Å². The molecule has 0 unspecified atom stereocenters. The highest BCUT2D eigenvalue weighted by Gasteiger charge is 2.09. The fraction of sp³-hybridized carbons (Fsp3) is 0. The molecule has 0 aliphatic rings. The van der Waals surface area contributed by atoms with Gasteiger partial charge in [-0.05, 0) is 28.5 Å². The Kier molecular flexibility index (Phi) is 3.64. The highest BCUT2D eigenvalue weighted by molar-refractivity contribution is 7.08. The molecule has 4 nitrogen and oxygen atoms in total. The number of rotatable bonds is 4. The van der Waals surface area contributed by atoms with Gasteiger partial charge in [0.1, 0.15) is 0 Å². The van der Waals surface area contributed by atoms with Crippen molar-refractivity contribution in [3.05, 3.63) is 68.4 Å². The molecule has 18 heavy (non-hydrogen) atoms. The summed E-state index contributed by atoms with van der Waals surface area (Å²) in [5, 5.41) is 14.4. The molecule has 1 heterocycles. The van der Waals surface area contributed by atoms with Crippen molar-refractivity contribution in [1.29, 1.82) is 0 Å². The molecular weight excluding hydrogens is 250 g/mol. The maximum Gasteiger partial charge on any atom is 0.270 e. The van der Waals surface area contributed by atoms with E-state index in [0.717, 1.165) is 5.56 Å². The molecule has 0 fully saturated rings. The van der Waals surface area contributed by atoms with E-state index in [1.165, 1.54) is 24.3 Å². The van der Waals surface area contributed by atoms with Crippen molar-refractivity contribution >= 4 is 28.9 Å². The highest BCUT2D eigenvalue weighted by Crippen LogP contribution is 2.15. The number of nitro benzene ring substituents is 1. The van der Waals surface area contributed by atoms with Crippen LogP contribution in [0.2, 0.25) is 0 Å². The molecule has 0 aliphatic carbocycles. The normalized spacial score (nSPS) is 10.7. The Morgan fingerprint density at radius 3 is 2.83 bits per heavy atom. The molecule has 0 spiro atoms. The van der Waals surface area contributed by atoms with Crippen LogP contribution in [0.4, 0.5) is 5.69 Å². The zero-order chi connectivity index (χ0) is 13.0. The van der Waals surface area contributed by atoms with Gasteiger partial charge in [-0.1, -0.05) is 18.2 Å². The van der Waals surface area contributed by atoms with E-state index in [9.17, 15) is 14.9 Å². The Balaban J connectivity index is 2.19. The van der Waals surface area contributed by atoms with Gasteiger partial charge in [-0.2, -0.15) is 11.3 Å². The number of nitrogens with zero attached hydrogens (tertiary/aromatic N) is 1. The number of non-ortho nitro benzene ring substituents is 1. The first kappa shape index (κ1) is 12.2. The topological polar surface area (TPSA) is 60.2 Å². The van der Waals surface area contributed by atoms with E-state index >= 15 is 0 Å². The third-order valence-corrected chi connectivity index (χ3v) is 3.01. The Labute approximate surface area is 107 Å². The molecule has 0 radical (unpaired) electrons. The first-order chi connectivity index (χ1) is 8.66. The van der Waals surface area contributed by atoms with Gasteiger partial charge in [0.2, 0.25) is 0 Å². The summed E-state index contributed by atoms with van der Waals surface area (Å²) in [7, 11) is 0. The molecule has 2 aromatic rings. The fourth-order valence-corrected chi connectivity index (χ4v) is 2.04. The van der Waals surface area contributed by atoms with Crippen LogP contribution in [0.3, 0.4) is 0 Å². The van der Waals surface area contributed by atoms with Crippen molar-refractivity contribution in [1.82, 2.24) is 0 Å². The average Bonchev–Trinajstić information content (AvgIpc) is 2.89. The number of hydrogen-bond acceptors (Lipinski definition) is 4. The second-order valence-corrected chi connectivity index (χ2v) is 4.34. The molecule has 0 bridgehead atoms. The van der Waals surface area contributed by atoms with Gasteiger partial charge >= 0.3 is 0 Å². The number of benzene rings is 1. The Morgan fingerprint density at radius 2 is 2.17 bits per heavy atom. The number of ketones is 1. The van der Waals surface area contributed by atoms with Crippen molar-refractivity contribution in [2.24, 2.45) is 0 Å². The number of carbonyl (C=O) groups excluding carboxylic acids is 1. The van der Waals surface area contributed by atoms with Crippen LogP contribution in [0.15, 0.2) is 47.2 Å². The average molecular weight is 259 g/mol. The summed E-state index contributed by atoms with van der Waals surface area (Å²) in [6.07, 6.45) is 3.11. The van der Waals surface area contributed by atoms with Crippen LogP contribution < -0.4 is 0 Å². The number of allylic oxidation sites excluding steroid dienone is 1. The van der Waals surface area contributed by atoms with Gasteiger partial charge in [0.15, 0.2) is 5.78 Å². The molecule has 0 atom stereocenters. The predicted octanol–water partition coefficient (Wildman–Crippen LogP) is 3.55. The van der Waals surface area contributed by atoms with Crippen molar-refractivity contribution in [3.8, 4) is 0 Å². The molecule has 0 saturated carbocycles. The van der Waals surface area contributed by atoms with Crippen molar-refractivity contribution in [3.63, 3.8) is 0 Å². The van der Waals surface area contributed by atoms with Crippen LogP contribution in [0, 0.1) is 10.1 Å². The summed E-state index contributed by atoms with van der Waals surface area (Å²) in [6, 6.07) is 7.60. The lowest BCUT2D eigenvalue weighted by molar-refractivity contribution is -0.384. The fourth-order valence-electron chi connectivity index (χ4n) is 1.41. The van der Waals surface area contributed by atoms with E-state index < -0.39 is 4.92 Å². The molecule has 2 rings (SSSR count). The molecule has 0 amide bonds. The summed E-state index contributed by atoms with van der Waals surface area (Å²) < 4.78 is 0. The van der Waals surface area contributed by atoms with E-state index in [-0.39, 0.29) is 11.5 Å². The number of carbonyl (C=O) groups is 1. The van der Waals surface area contributed by atoms with E-state index in [0.29, 0.717) is 5.56 Å². The van der Waals surface area contributed by atoms with E-state index in [1.807, 2.05) is 16.8 Å². The van der Waals surface area contributed by atoms with Crippen LogP contribution in [0.25, 0.3) is 6.08 Å². The zero-order valence-electron chi connectivity index (χ0n) is 9.28. The summed E-state index contributed by atoms with van der Waals surface area (Å²) in [5.74, 6) is -0.245. The number of hydrogen-bond donors (Lipinski definition) is 0. The second-order valence-electron chi connectivity index (χ2n) is 3.56. The van der Waals surface area contributed by atoms with Crippen LogP contribution in [-0.2, 0) is 0 Å². The van der Waals surface area contributed by atoms with Crippen molar-refractivity contribution < 1.29 is 9.72 Å². The third-order valence-electron chi connectivity index (χ3n) is 2.31. The minimum atomic E-state index is -0.515. The molecule has 0 aliphatic heterocycles. The smallest absolute Gasteiger partial charge is 0.270 e. The third kappa shape index (κ3) is 2.89. The lowest BCUT2D eigenvalue weighted by Gasteiger charge is -1.95. The second kappa shape index (κ2) is 5.37. The molecule has 5 heteroatoms. The first-order valence-electron chi connectivity index (χ1n) is 5.16. The maximum atomic E-state index is 11.8. The van der Waals surface area contributed by atoms with Gasteiger partial charge in [-0.15, -0.1) is 0 Å². The molecule has 90 valence electrons. The van der Waals surface area contributed by atoms with E-state index in [4.69, 9.17) is 0 Å². The monoisotopic (exact) mass is 259 g/mol. The summed E-state index contributed by atoms with van der Waals surface area (Å²) >= 11 is 1.54. The van der Waals surface area contributed by atoms with Gasteiger partial charge in [0.05, 0.1) is 4.92 Å². The molecule has 0 N–H and O–H groups in total. The standard InChI is InChI=1S/C13H9NO3S/c15-13(5-4-10-6-7-18-9-10)11-2-1-3-12(8-11)14(16)17/h1-9H/b5-4+. The Hall–Kier alpha value is -2.27. The summed E-state index contributed by atoms with van der Waals surface area (Å²) in [4.78, 5) is 21.9. The zero-order valence-corrected chi connectivity index (χ0v) is 10.1. The van der Waals surface area contributed by atoms with Crippen LogP contribution in [0.5, 0.6) is 0 Å². The van der Waals surface area contributed by atoms with Gasteiger partial charge in [-0.25, -0.2) is 0 Å². The quantitative estimate of drug-likeness (QED) is 0.365. The van der Waals surface area contributed by atoms with Crippen molar-refractivity contribution in [2.75, 3.05) is 0 Å². The molecule has 0 saturated heterocycles. The first-order valence-corrected chi connectivity index (χ1v) is 6.10. The summed E-state index contributed by atoms with van der Waals surface area (Å²) in [5.41, 5.74) is 1.18. The lowest BCUT2D eigenvalue weighted by atomic mass is 10.1. The minimum Gasteiger partial charge on any atom is -0.289 e. The number of nitro groups is 1. The van der Waals surface area contributed by atoms with Crippen LogP contribution in [0.1, 0.15) is 15.9 Å². The van der Waals surface area contributed by atoms with Crippen molar-refractivity contribution in [2.45, 2.75) is 0 Å². The van der Waals surface area contributed by atoms with Gasteiger partial charge < -0.3 is 0 Å². The minimum absolute atomic E-state index is 0.0789. The SMILES string of the molecule is O=C(/C=C/c1ccsc1)c1cccc([N+](=O)[O-])c1. The molecular formula is C13H9NO3S. The Morgan fingerprint density at radius 1 is 1.33 bits per heavy atom. The molecule has 1 aromatic carbocycles. The van der Waals surface area contributed by atoms with Gasteiger partial charge in [-0.3, -0.25) is 14.9 Å². The van der Waals surface area contributed by atoms with Crippen LogP contribution >= 0.6 is 11.3 Å². The Bertz CT molecular complexity index is 602. The number of thiophene rings is 1. The largest absolute Gasteiger partial charge is 0.289 e.